The van der Waals surface area contributed by atoms with Crippen LogP contribution in [0.3, 0.4) is 0 Å². The van der Waals surface area contributed by atoms with E-state index in [0.717, 1.165) is 5.52 Å². The molecule has 0 aliphatic heterocycles. The van der Waals surface area contributed by atoms with E-state index in [9.17, 15) is 0 Å². The fourth-order valence-electron chi connectivity index (χ4n) is 2.07. The van der Waals surface area contributed by atoms with Crippen molar-refractivity contribution in [2.45, 2.75) is 39.5 Å². The maximum atomic E-state index is 4.03. The Kier molecular flexibility index (Phi) is 2.47. The van der Waals surface area contributed by atoms with E-state index in [1.54, 1.807) is 0 Å². The maximum Gasteiger partial charge on any atom is 0.0902 e. The number of aromatic nitrogens is 3. The number of pyridine rings is 1. The Labute approximate surface area is 90.1 Å². The van der Waals surface area contributed by atoms with Crippen molar-refractivity contribution in [3.8, 4) is 0 Å². The van der Waals surface area contributed by atoms with E-state index in [-0.39, 0.29) is 0 Å². The normalized spacial score (nSPS) is 11.9. The van der Waals surface area contributed by atoms with Gasteiger partial charge in [-0.1, -0.05) is 32.9 Å². The minimum Gasteiger partial charge on any atom is -0.220 e. The van der Waals surface area contributed by atoms with Gasteiger partial charge in [0.2, 0.25) is 0 Å². The molecule has 0 fully saturated rings. The van der Waals surface area contributed by atoms with Gasteiger partial charge >= 0.3 is 0 Å². The monoisotopic (exact) mass is 203 g/mol. The summed E-state index contributed by atoms with van der Waals surface area (Å²) in [4.78, 5) is 0. The van der Waals surface area contributed by atoms with Crippen LogP contribution in [0.25, 0.3) is 5.52 Å². The summed E-state index contributed by atoms with van der Waals surface area (Å²) in [6.07, 6.45) is 3.84. The summed E-state index contributed by atoms with van der Waals surface area (Å²) >= 11 is 0. The van der Waals surface area contributed by atoms with Gasteiger partial charge in [0.05, 0.1) is 11.7 Å². The van der Waals surface area contributed by atoms with Gasteiger partial charge < -0.3 is 0 Å². The van der Waals surface area contributed by atoms with Crippen LogP contribution in [0.2, 0.25) is 0 Å². The largest absolute Gasteiger partial charge is 0.220 e. The van der Waals surface area contributed by atoms with Gasteiger partial charge in [0.15, 0.2) is 0 Å². The molecular weight excluding hydrogens is 186 g/mol. The SMILES string of the molecule is CC(C)c1ccn2nncc2c1C(C)C. The predicted molar refractivity (Wildman–Crippen MR) is 61.2 cm³/mol. The lowest BCUT2D eigenvalue weighted by molar-refractivity contribution is 0.775. The summed E-state index contributed by atoms with van der Waals surface area (Å²) in [6.45, 7) is 8.88. The Bertz CT molecular complexity index is 469. The zero-order valence-corrected chi connectivity index (χ0v) is 9.73. The molecule has 80 valence electrons. The smallest absolute Gasteiger partial charge is 0.0902 e. The van der Waals surface area contributed by atoms with Crippen LogP contribution in [0.1, 0.15) is 50.7 Å². The quantitative estimate of drug-likeness (QED) is 0.751. The van der Waals surface area contributed by atoms with Gasteiger partial charge in [-0.15, -0.1) is 5.10 Å². The van der Waals surface area contributed by atoms with E-state index < -0.39 is 0 Å². The van der Waals surface area contributed by atoms with Crippen LogP contribution >= 0.6 is 0 Å². The molecule has 0 atom stereocenters. The first-order valence-electron chi connectivity index (χ1n) is 5.44. The summed E-state index contributed by atoms with van der Waals surface area (Å²) in [6, 6.07) is 2.15. The first kappa shape index (κ1) is 10.1. The standard InChI is InChI=1S/C12H17N3/c1-8(2)10-5-6-15-11(7-13-14-15)12(10)9(3)4/h5-9H,1-4H3. The molecule has 3 nitrogen and oxygen atoms in total. The van der Waals surface area contributed by atoms with Crippen LogP contribution in [0.5, 0.6) is 0 Å². The third kappa shape index (κ3) is 1.62. The van der Waals surface area contributed by atoms with Gasteiger partial charge in [-0.3, -0.25) is 0 Å². The lowest BCUT2D eigenvalue weighted by Gasteiger charge is -2.16. The van der Waals surface area contributed by atoms with Gasteiger partial charge in [-0.2, -0.15) is 0 Å². The summed E-state index contributed by atoms with van der Waals surface area (Å²) in [5, 5.41) is 7.99. The molecule has 0 spiro atoms. The molecule has 0 saturated carbocycles. The molecule has 0 saturated heterocycles. The second-order valence-corrected chi connectivity index (χ2v) is 4.56. The van der Waals surface area contributed by atoms with Crippen LogP contribution in [0, 0.1) is 0 Å². The van der Waals surface area contributed by atoms with Gasteiger partial charge in [0.1, 0.15) is 0 Å². The van der Waals surface area contributed by atoms with Crippen molar-refractivity contribution in [3.63, 3.8) is 0 Å². The predicted octanol–water partition coefficient (Wildman–Crippen LogP) is 2.98. The van der Waals surface area contributed by atoms with Crippen LogP contribution in [-0.4, -0.2) is 14.8 Å². The first-order valence-corrected chi connectivity index (χ1v) is 5.44. The highest BCUT2D eigenvalue weighted by atomic mass is 15.4. The number of hydrogen-bond acceptors (Lipinski definition) is 2. The fraction of sp³-hybridized carbons (Fsp3) is 0.500. The highest BCUT2D eigenvalue weighted by molar-refractivity contribution is 5.57. The van der Waals surface area contributed by atoms with Crippen LogP contribution in [-0.2, 0) is 0 Å². The van der Waals surface area contributed by atoms with Crippen molar-refractivity contribution < 1.29 is 0 Å². The summed E-state index contributed by atoms with van der Waals surface area (Å²) in [5.74, 6) is 1.05. The first-order chi connectivity index (χ1) is 7.11. The number of rotatable bonds is 2. The number of hydrogen-bond donors (Lipinski definition) is 0. The summed E-state index contributed by atoms with van der Waals surface area (Å²) in [7, 11) is 0. The second kappa shape index (κ2) is 3.65. The zero-order chi connectivity index (χ0) is 11.0. The van der Waals surface area contributed by atoms with Gasteiger partial charge in [0.25, 0.3) is 0 Å². The number of fused-ring (bicyclic) bond motifs is 1. The lowest BCUT2D eigenvalue weighted by Crippen LogP contribution is -2.02. The van der Waals surface area contributed by atoms with Crippen molar-refractivity contribution in [2.75, 3.05) is 0 Å². The highest BCUT2D eigenvalue weighted by Gasteiger charge is 2.14. The van der Waals surface area contributed by atoms with E-state index in [0.29, 0.717) is 11.8 Å². The molecule has 0 aliphatic rings. The zero-order valence-electron chi connectivity index (χ0n) is 9.73. The minimum absolute atomic E-state index is 0.504. The average Bonchev–Trinajstić information content (AvgIpc) is 2.62. The fourth-order valence-corrected chi connectivity index (χ4v) is 2.07. The molecule has 2 rings (SSSR count). The molecule has 2 aromatic rings. The Morgan fingerprint density at radius 3 is 2.47 bits per heavy atom. The van der Waals surface area contributed by atoms with Crippen molar-refractivity contribution in [1.82, 2.24) is 14.8 Å². The Balaban J connectivity index is 2.75. The topological polar surface area (TPSA) is 30.2 Å². The molecule has 2 heterocycles. The third-order valence-corrected chi connectivity index (χ3v) is 2.76. The van der Waals surface area contributed by atoms with Crippen LogP contribution in [0.15, 0.2) is 18.5 Å². The van der Waals surface area contributed by atoms with Gasteiger partial charge in [0, 0.05) is 6.20 Å². The second-order valence-electron chi connectivity index (χ2n) is 4.56. The molecule has 0 bridgehead atoms. The average molecular weight is 203 g/mol. The molecule has 0 amide bonds. The van der Waals surface area contributed by atoms with Crippen molar-refractivity contribution in [1.29, 1.82) is 0 Å². The Morgan fingerprint density at radius 1 is 1.13 bits per heavy atom. The van der Waals surface area contributed by atoms with Crippen molar-refractivity contribution in [2.24, 2.45) is 0 Å². The maximum absolute atomic E-state index is 4.03. The van der Waals surface area contributed by atoms with Crippen molar-refractivity contribution >= 4 is 5.52 Å². The molecule has 0 N–H and O–H groups in total. The highest BCUT2D eigenvalue weighted by Crippen LogP contribution is 2.29. The summed E-state index contributed by atoms with van der Waals surface area (Å²) < 4.78 is 1.85. The Morgan fingerprint density at radius 2 is 1.87 bits per heavy atom. The van der Waals surface area contributed by atoms with E-state index in [1.165, 1.54) is 11.1 Å². The molecule has 2 aromatic heterocycles. The molecule has 15 heavy (non-hydrogen) atoms. The van der Waals surface area contributed by atoms with Crippen LogP contribution in [0.4, 0.5) is 0 Å². The molecular formula is C12H17N3. The van der Waals surface area contributed by atoms with Gasteiger partial charge in [-0.25, -0.2) is 4.52 Å². The van der Waals surface area contributed by atoms with E-state index in [1.807, 2.05) is 16.9 Å². The van der Waals surface area contributed by atoms with E-state index >= 15 is 0 Å². The lowest BCUT2D eigenvalue weighted by atomic mass is 9.91. The summed E-state index contributed by atoms with van der Waals surface area (Å²) in [5.41, 5.74) is 3.91. The van der Waals surface area contributed by atoms with Crippen molar-refractivity contribution in [3.05, 3.63) is 29.6 Å². The number of nitrogens with zero attached hydrogens (tertiary/aromatic N) is 3. The van der Waals surface area contributed by atoms with Gasteiger partial charge in [-0.05, 0) is 29.0 Å². The third-order valence-electron chi connectivity index (χ3n) is 2.76. The minimum atomic E-state index is 0.504. The van der Waals surface area contributed by atoms with E-state index in [4.69, 9.17) is 0 Å². The Hall–Kier alpha value is -1.38. The molecule has 0 unspecified atom stereocenters. The molecule has 0 aliphatic carbocycles. The van der Waals surface area contributed by atoms with Crippen LogP contribution < -0.4 is 0 Å². The molecule has 0 aromatic carbocycles. The molecule has 0 radical (unpaired) electrons. The van der Waals surface area contributed by atoms with E-state index in [2.05, 4.69) is 44.1 Å². The molecule has 3 heteroatoms.